The highest BCUT2D eigenvalue weighted by molar-refractivity contribution is 6.10. The van der Waals surface area contributed by atoms with E-state index in [1.165, 1.54) is 24.9 Å². The van der Waals surface area contributed by atoms with E-state index in [4.69, 9.17) is 14.6 Å². The molecule has 0 unspecified atom stereocenters. The molecule has 3 N–H and O–H groups in total. The van der Waals surface area contributed by atoms with Crippen LogP contribution in [0.25, 0.3) is 6.08 Å². The van der Waals surface area contributed by atoms with Gasteiger partial charge in [0, 0.05) is 29.5 Å². The fraction of sp³-hybridized carbons (Fsp3) is 0.605. The van der Waals surface area contributed by atoms with Crippen molar-refractivity contribution >= 4 is 23.6 Å². The maximum absolute atomic E-state index is 14.3. The normalized spacial score (nSPS) is 45.6. The zero-order valence-corrected chi connectivity index (χ0v) is 32.6. The van der Waals surface area contributed by atoms with Crippen LogP contribution in [0.4, 0.5) is 5.69 Å². The average molecular weight is 736 g/mol. The van der Waals surface area contributed by atoms with Gasteiger partial charge in [0.2, 0.25) is 5.79 Å². The number of aliphatic hydroxyl groups is 2. The van der Waals surface area contributed by atoms with E-state index in [-0.39, 0.29) is 45.4 Å². The quantitative estimate of drug-likeness (QED) is 0.240. The lowest BCUT2D eigenvalue weighted by atomic mass is 9.47. The van der Waals surface area contributed by atoms with Gasteiger partial charge in [0.05, 0.1) is 36.3 Å². The summed E-state index contributed by atoms with van der Waals surface area (Å²) in [5, 5.41) is 28.7. The van der Waals surface area contributed by atoms with Crippen molar-refractivity contribution in [3.63, 3.8) is 0 Å². The molecule has 4 aliphatic heterocycles. The molecule has 1 aromatic carbocycles. The van der Waals surface area contributed by atoms with E-state index >= 15 is 0 Å². The predicted octanol–water partition coefficient (Wildman–Crippen LogP) is 6.35. The van der Waals surface area contributed by atoms with Gasteiger partial charge in [-0.15, -0.1) is 6.58 Å². The van der Waals surface area contributed by atoms with Crippen LogP contribution in [-0.4, -0.2) is 61.3 Å². The average Bonchev–Trinajstić information content (AvgIpc) is 3.94. The summed E-state index contributed by atoms with van der Waals surface area (Å²) in [6.45, 7) is 20.1. The minimum absolute atomic E-state index is 0.0327. The van der Waals surface area contributed by atoms with Crippen LogP contribution < -0.4 is 10.4 Å². The van der Waals surface area contributed by atoms with Crippen molar-refractivity contribution in [2.24, 2.45) is 44.8 Å². The molecule has 286 valence electrons. The van der Waals surface area contributed by atoms with Crippen LogP contribution >= 0.6 is 0 Å². The Morgan fingerprint density at radius 2 is 1.87 bits per heavy atom. The number of ether oxygens (including phenoxy) is 1. The first kappa shape index (κ1) is 34.6. The first-order valence-corrected chi connectivity index (χ1v) is 19.6. The van der Waals surface area contributed by atoms with E-state index in [2.05, 4.69) is 51.1 Å². The number of aromatic nitrogens is 2. The topological polar surface area (TPSA) is 129 Å². The maximum atomic E-state index is 14.3. The summed E-state index contributed by atoms with van der Waals surface area (Å²) in [6, 6.07) is 7.47. The largest absolute Gasteiger partial charge is 0.503 e. The second-order valence-corrected chi connectivity index (χ2v) is 19.7. The number of para-hydroxylation sites is 1. The number of hydrogen-bond acceptors (Lipinski definition) is 8. The van der Waals surface area contributed by atoms with E-state index < -0.39 is 40.0 Å². The highest BCUT2D eigenvalue weighted by Gasteiger charge is 2.86. The highest BCUT2D eigenvalue weighted by atomic mass is 16.7. The Balaban J connectivity index is 1.07. The SMILES string of the molecule is C=CC(C)(C)[C@@]12C=C(O)C(=O)N3/C(=C/c4cn([C@@H]5C[C@@]6(O)O[C@@H]7C[C@@]6(C)[C@]6(C[C@]8(C)CCC(C)(C)[C@@H]8[C@@H]76)[C@@H]5C)cn4)C(=O)N[C@]31N(OC)c1ccccc12. The molecule has 10 rings (SSSR count). The van der Waals surface area contributed by atoms with Gasteiger partial charge < -0.3 is 24.8 Å². The zero-order chi connectivity index (χ0) is 38.4. The summed E-state index contributed by atoms with van der Waals surface area (Å²) >= 11 is 0. The third-order valence-electron chi connectivity index (χ3n) is 17.0. The summed E-state index contributed by atoms with van der Waals surface area (Å²) in [5.41, 5.74) is -0.144. The van der Waals surface area contributed by atoms with Crippen molar-refractivity contribution in [1.82, 2.24) is 19.8 Å². The number of fused-ring (bicyclic) bond motifs is 6. The zero-order valence-electron chi connectivity index (χ0n) is 32.6. The van der Waals surface area contributed by atoms with Crippen LogP contribution in [0, 0.1) is 44.8 Å². The molecule has 11 atom stereocenters. The van der Waals surface area contributed by atoms with E-state index in [9.17, 15) is 19.8 Å². The molecule has 0 radical (unpaired) electrons. The molecule has 5 heterocycles. The number of imidazole rings is 1. The van der Waals surface area contributed by atoms with Crippen LogP contribution in [0.1, 0.15) is 97.9 Å². The van der Waals surface area contributed by atoms with Crippen LogP contribution in [0.3, 0.4) is 0 Å². The number of hydrogen-bond donors (Lipinski definition) is 3. The molecular formula is C43H53N5O6. The van der Waals surface area contributed by atoms with Crippen molar-refractivity contribution in [3.05, 3.63) is 78.2 Å². The molecule has 2 bridgehead atoms. The van der Waals surface area contributed by atoms with Crippen molar-refractivity contribution in [3.8, 4) is 0 Å². The van der Waals surface area contributed by atoms with Gasteiger partial charge >= 0.3 is 0 Å². The number of carbonyl (C=O) groups excluding carboxylic acids is 2. The first-order valence-electron chi connectivity index (χ1n) is 19.6. The van der Waals surface area contributed by atoms with E-state index in [1.807, 2.05) is 44.3 Å². The summed E-state index contributed by atoms with van der Waals surface area (Å²) in [6.07, 6.45) is 13.5. The number of carbonyl (C=O) groups is 2. The molecular weight excluding hydrogens is 683 g/mol. The minimum atomic E-state index is -1.61. The number of rotatable bonds is 5. The number of hydroxylamine groups is 1. The number of aliphatic hydroxyl groups excluding tert-OH is 1. The molecule has 6 fully saturated rings. The van der Waals surface area contributed by atoms with Gasteiger partial charge in [0.1, 0.15) is 5.70 Å². The predicted molar refractivity (Wildman–Crippen MR) is 201 cm³/mol. The summed E-state index contributed by atoms with van der Waals surface area (Å²) in [5.74, 6) is -3.46. The van der Waals surface area contributed by atoms with Crippen LogP contribution in [0.2, 0.25) is 0 Å². The van der Waals surface area contributed by atoms with Gasteiger partial charge in [-0.05, 0) is 83.5 Å². The second kappa shape index (κ2) is 9.89. The van der Waals surface area contributed by atoms with Crippen molar-refractivity contribution in [2.75, 3.05) is 12.2 Å². The summed E-state index contributed by atoms with van der Waals surface area (Å²) < 4.78 is 8.87. The van der Waals surface area contributed by atoms with Crippen LogP contribution in [0.5, 0.6) is 0 Å². The number of nitrogens with one attached hydrogen (secondary N) is 1. The smallest absolute Gasteiger partial charge is 0.296 e. The van der Waals surface area contributed by atoms with Crippen molar-refractivity contribution < 1.29 is 29.4 Å². The fourth-order valence-electron chi connectivity index (χ4n) is 14.9. The number of amides is 2. The van der Waals surface area contributed by atoms with Gasteiger partial charge in [-0.1, -0.05) is 72.7 Å². The molecule has 11 nitrogen and oxygen atoms in total. The van der Waals surface area contributed by atoms with E-state index in [0.717, 1.165) is 18.4 Å². The van der Waals surface area contributed by atoms with Gasteiger partial charge in [-0.3, -0.25) is 19.3 Å². The molecule has 11 heteroatoms. The first-order chi connectivity index (χ1) is 25.3. The lowest BCUT2D eigenvalue weighted by Gasteiger charge is -2.63. The molecule has 4 aliphatic carbocycles. The highest BCUT2D eigenvalue weighted by Crippen LogP contribution is 2.86. The Bertz CT molecular complexity index is 2140. The molecule has 54 heavy (non-hydrogen) atoms. The van der Waals surface area contributed by atoms with Crippen molar-refractivity contribution in [2.45, 2.75) is 110 Å². The standard InChI is InChI=1S/C43H53N5O6/c1-10-37(5,6)41-19-30(49)35(51)47-28(34(50)45-43(41,47)48(53-9)27-14-12-11-13-26(27)41)17-25-21-46(23-44-25)29-18-42(52)39(8)20-31(54-42)32-33-36(3,4)15-16-38(33,7)22-40(32,39)24(29)2/h10-14,17,19,21,23-24,29,31-33,49,52H,1,15-16,18,20,22H2,2-9H3,(H,45,50)/b28-17+/t24-,29-,31-,32-,33+,38+,39+,40-,41+,42-,43+/m1/s1. The van der Waals surface area contributed by atoms with Crippen LogP contribution in [0.15, 0.2) is 67.0 Å². The lowest BCUT2D eigenvalue weighted by Crippen LogP contribution is -2.76. The summed E-state index contributed by atoms with van der Waals surface area (Å²) in [4.78, 5) is 40.8. The maximum Gasteiger partial charge on any atom is 0.296 e. The third-order valence-corrected chi connectivity index (χ3v) is 17.0. The fourth-order valence-corrected chi connectivity index (χ4v) is 14.9. The monoisotopic (exact) mass is 735 g/mol. The minimum Gasteiger partial charge on any atom is -0.503 e. The Labute approximate surface area is 317 Å². The summed E-state index contributed by atoms with van der Waals surface area (Å²) in [7, 11) is 1.50. The Hall–Kier alpha value is -3.93. The van der Waals surface area contributed by atoms with Crippen molar-refractivity contribution in [1.29, 1.82) is 0 Å². The Morgan fingerprint density at radius 3 is 2.59 bits per heavy atom. The number of benzene rings is 1. The number of allylic oxidation sites excluding steroid dienone is 1. The van der Waals surface area contributed by atoms with Gasteiger partial charge in [-0.2, -0.15) is 0 Å². The number of nitrogens with zero attached hydrogens (tertiary/aromatic N) is 4. The van der Waals surface area contributed by atoms with E-state index in [0.29, 0.717) is 29.6 Å². The number of anilines is 1. The van der Waals surface area contributed by atoms with Crippen LogP contribution in [-0.2, 0) is 24.6 Å². The van der Waals surface area contributed by atoms with Gasteiger partial charge in [0.25, 0.3) is 11.8 Å². The molecule has 1 aromatic heterocycles. The molecule has 4 saturated carbocycles. The second-order valence-electron chi connectivity index (χ2n) is 19.7. The Kier molecular flexibility index (Phi) is 6.33. The molecule has 2 saturated heterocycles. The Morgan fingerprint density at radius 1 is 1.13 bits per heavy atom. The third kappa shape index (κ3) is 3.40. The van der Waals surface area contributed by atoms with Gasteiger partial charge in [-0.25, -0.2) is 10.0 Å². The molecule has 2 spiro atoms. The molecule has 2 aromatic rings. The lowest BCUT2D eigenvalue weighted by molar-refractivity contribution is -0.347. The molecule has 8 aliphatic rings. The molecule has 2 amide bonds. The van der Waals surface area contributed by atoms with E-state index in [1.54, 1.807) is 29.6 Å². The van der Waals surface area contributed by atoms with Gasteiger partial charge in [0.15, 0.2) is 11.5 Å².